The van der Waals surface area contributed by atoms with Crippen molar-refractivity contribution in [1.29, 1.82) is 0 Å². The molecule has 2 unspecified atom stereocenters. The molecule has 1 aliphatic rings. The Labute approximate surface area is 155 Å². The van der Waals surface area contributed by atoms with E-state index in [1.807, 2.05) is 6.92 Å². The van der Waals surface area contributed by atoms with Gasteiger partial charge in [-0.1, -0.05) is 25.6 Å². The van der Waals surface area contributed by atoms with Crippen molar-refractivity contribution >= 4 is 40.3 Å². The number of rotatable bonds is 6. The summed E-state index contributed by atoms with van der Waals surface area (Å²) in [5.74, 6) is -0.0374. The van der Waals surface area contributed by atoms with Crippen LogP contribution in [0.2, 0.25) is 0 Å². The smallest absolute Gasteiger partial charge is 0.227 e. The third kappa shape index (κ3) is 4.70. The van der Waals surface area contributed by atoms with Crippen LogP contribution in [0.5, 0.6) is 11.5 Å². The second-order valence-electron chi connectivity index (χ2n) is 5.81. The molecule has 25 heavy (non-hydrogen) atoms. The summed E-state index contributed by atoms with van der Waals surface area (Å²) in [5.41, 5.74) is 0.236. The van der Waals surface area contributed by atoms with Gasteiger partial charge in [0, 0.05) is 23.7 Å². The minimum absolute atomic E-state index is 0.0113. The van der Waals surface area contributed by atoms with E-state index in [0.717, 1.165) is 0 Å². The van der Waals surface area contributed by atoms with Gasteiger partial charge in [-0.05, 0) is 24.0 Å². The lowest BCUT2D eigenvalue weighted by Gasteiger charge is -2.25. The van der Waals surface area contributed by atoms with Gasteiger partial charge in [-0.2, -0.15) is 0 Å². The average Bonchev–Trinajstić information content (AvgIpc) is 3.06. The summed E-state index contributed by atoms with van der Waals surface area (Å²) in [6.07, 6.45) is -0.0218. The highest BCUT2D eigenvalue weighted by Gasteiger charge is 2.36. The van der Waals surface area contributed by atoms with Crippen LogP contribution in [0.25, 0.3) is 0 Å². The molecule has 1 aliphatic heterocycles. The molecule has 0 spiro atoms. The molecule has 0 radical (unpaired) electrons. The Kier molecular flexibility index (Phi) is 6.78. The van der Waals surface area contributed by atoms with E-state index in [0.29, 0.717) is 17.4 Å². The van der Waals surface area contributed by atoms with Crippen molar-refractivity contribution in [2.45, 2.75) is 26.3 Å². The number of hydrogen-bond donors (Lipinski definition) is 2. The fourth-order valence-electron chi connectivity index (χ4n) is 2.56. The molecule has 1 heterocycles. The van der Waals surface area contributed by atoms with Crippen molar-refractivity contribution in [2.24, 2.45) is 5.92 Å². The topological polar surface area (TPSA) is 94.9 Å². The molecule has 136 valence electrons. The molecule has 1 aromatic rings. The fraction of sp³-hybridized carbons (Fsp3) is 0.471. The third-order valence-electron chi connectivity index (χ3n) is 3.93. The van der Waals surface area contributed by atoms with Gasteiger partial charge in [0.15, 0.2) is 17.3 Å². The Morgan fingerprint density at radius 2 is 2.04 bits per heavy atom. The number of benzene rings is 1. The van der Waals surface area contributed by atoms with Gasteiger partial charge in [0.2, 0.25) is 11.0 Å². The first-order chi connectivity index (χ1) is 11.8. The molecular formula is C17H21NO5S2. The maximum absolute atomic E-state index is 12.7. The van der Waals surface area contributed by atoms with Gasteiger partial charge in [-0.25, -0.2) is 0 Å². The number of thioether (sulfide) groups is 2. The highest BCUT2D eigenvalue weighted by atomic mass is 32.2. The van der Waals surface area contributed by atoms with Crippen LogP contribution in [0, 0.1) is 5.92 Å². The lowest BCUT2D eigenvalue weighted by Crippen LogP contribution is -2.43. The summed E-state index contributed by atoms with van der Waals surface area (Å²) in [6, 6.07) is 3.40. The molecule has 0 aromatic heterocycles. The standard InChI is InChI=1S/C17H21NO5S2/c1-3-25-17(23)12-8-24-9-18(12)16(22)10(2)6-14(20)11-4-5-13(19)15(21)7-11/h4-5,7,10,12,19,21H,3,6,8-9H2,1-2H3. The van der Waals surface area contributed by atoms with Crippen LogP contribution in [-0.2, 0) is 9.59 Å². The molecule has 0 aliphatic carbocycles. The molecule has 2 rings (SSSR count). The molecule has 1 saturated heterocycles. The second kappa shape index (κ2) is 8.62. The van der Waals surface area contributed by atoms with E-state index in [-0.39, 0.29) is 40.3 Å². The molecule has 2 atom stereocenters. The Bertz CT molecular complexity index is 679. The molecule has 2 N–H and O–H groups in total. The van der Waals surface area contributed by atoms with Gasteiger partial charge in [0.1, 0.15) is 6.04 Å². The van der Waals surface area contributed by atoms with Crippen molar-refractivity contribution in [3.05, 3.63) is 23.8 Å². The zero-order valence-electron chi connectivity index (χ0n) is 14.1. The normalized spacial score (nSPS) is 18.2. The summed E-state index contributed by atoms with van der Waals surface area (Å²) < 4.78 is 0. The monoisotopic (exact) mass is 383 g/mol. The van der Waals surface area contributed by atoms with Crippen molar-refractivity contribution in [3.8, 4) is 11.5 Å². The number of phenolic OH excluding ortho intramolecular Hbond substituents is 2. The van der Waals surface area contributed by atoms with Gasteiger partial charge < -0.3 is 15.1 Å². The van der Waals surface area contributed by atoms with E-state index < -0.39 is 12.0 Å². The van der Waals surface area contributed by atoms with Crippen LogP contribution in [0.15, 0.2) is 18.2 Å². The van der Waals surface area contributed by atoms with E-state index in [9.17, 15) is 24.6 Å². The molecule has 8 heteroatoms. The molecule has 1 fully saturated rings. The number of hydrogen-bond acceptors (Lipinski definition) is 7. The lowest BCUT2D eigenvalue weighted by molar-refractivity contribution is -0.138. The van der Waals surface area contributed by atoms with Gasteiger partial charge in [-0.15, -0.1) is 11.8 Å². The first-order valence-corrected chi connectivity index (χ1v) is 10.1. The second-order valence-corrected chi connectivity index (χ2v) is 8.08. The highest BCUT2D eigenvalue weighted by molar-refractivity contribution is 8.13. The van der Waals surface area contributed by atoms with Crippen molar-refractivity contribution < 1.29 is 24.6 Å². The Hall–Kier alpha value is -1.67. The number of Topliss-reactive ketones (excluding diaryl/α,β-unsaturated/α-hetero) is 1. The SMILES string of the molecule is CCSC(=O)C1CSCN1C(=O)C(C)CC(=O)c1ccc(O)c(O)c1. The number of amides is 1. The largest absolute Gasteiger partial charge is 0.504 e. The van der Waals surface area contributed by atoms with Crippen LogP contribution in [-0.4, -0.2) is 55.3 Å². The summed E-state index contributed by atoms with van der Waals surface area (Å²) >= 11 is 2.74. The first-order valence-electron chi connectivity index (χ1n) is 7.95. The summed E-state index contributed by atoms with van der Waals surface area (Å²) in [7, 11) is 0. The maximum Gasteiger partial charge on any atom is 0.227 e. The quantitative estimate of drug-likeness (QED) is 0.575. The van der Waals surface area contributed by atoms with Crippen molar-refractivity contribution in [3.63, 3.8) is 0 Å². The number of carbonyl (C=O) groups is 3. The van der Waals surface area contributed by atoms with Crippen molar-refractivity contribution in [2.75, 3.05) is 17.4 Å². The van der Waals surface area contributed by atoms with Gasteiger partial charge in [-0.3, -0.25) is 14.4 Å². The van der Waals surface area contributed by atoms with E-state index >= 15 is 0 Å². The number of phenols is 2. The van der Waals surface area contributed by atoms with Gasteiger partial charge in [0.05, 0.1) is 5.88 Å². The Morgan fingerprint density at radius 3 is 2.68 bits per heavy atom. The Morgan fingerprint density at radius 1 is 1.32 bits per heavy atom. The molecule has 0 bridgehead atoms. The lowest BCUT2D eigenvalue weighted by atomic mass is 9.98. The van der Waals surface area contributed by atoms with E-state index in [1.165, 1.54) is 41.7 Å². The number of aromatic hydroxyl groups is 2. The zero-order chi connectivity index (χ0) is 18.6. The number of nitrogens with zero attached hydrogens (tertiary/aromatic N) is 1. The van der Waals surface area contributed by atoms with E-state index in [4.69, 9.17) is 0 Å². The van der Waals surface area contributed by atoms with Crippen LogP contribution >= 0.6 is 23.5 Å². The van der Waals surface area contributed by atoms with Crippen LogP contribution in [0.3, 0.4) is 0 Å². The van der Waals surface area contributed by atoms with E-state index in [2.05, 4.69) is 0 Å². The van der Waals surface area contributed by atoms with Crippen molar-refractivity contribution in [1.82, 2.24) is 4.90 Å². The van der Waals surface area contributed by atoms with Gasteiger partial charge >= 0.3 is 0 Å². The molecular weight excluding hydrogens is 362 g/mol. The summed E-state index contributed by atoms with van der Waals surface area (Å²) in [4.78, 5) is 38.7. The average molecular weight is 383 g/mol. The minimum Gasteiger partial charge on any atom is -0.504 e. The zero-order valence-corrected chi connectivity index (χ0v) is 15.7. The summed E-state index contributed by atoms with van der Waals surface area (Å²) in [5, 5.41) is 18.8. The third-order valence-corrected chi connectivity index (χ3v) is 5.79. The fourth-order valence-corrected chi connectivity index (χ4v) is 4.51. The molecule has 1 amide bonds. The van der Waals surface area contributed by atoms with Gasteiger partial charge in [0.25, 0.3) is 0 Å². The first kappa shape index (κ1) is 19.7. The van der Waals surface area contributed by atoms with E-state index in [1.54, 1.807) is 11.8 Å². The predicted molar refractivity (Wildman–Crippen MR) is 99.0 cm³/mol. The Balaban J connectivity index is 2.02. The molecule has 1 aromatic carbocycles. The minimum atomic E-state index is -0.566. The van der Waals surface area contributed by atoms with Crippen LogP contribution in [0.4, 0.5) is 0 Å². The van der Waals surface area contributed by atoms with Crippen LogP contribution in [0.1, 0.15) is 30.6 Å². The van der Waals surface area contributed by atoms with Crippen LogP contribution < -0.4 is 0 Å². The molecule has 6 nitrogen and oxygen atoms in total. The number of ketones is 1. The summed E-state index contributed by atoms with van der Waals surface area (Å²) in [6.45, 7) is 3.56. The predicted octanol–water partition coefficient (Wildman–Crippen LogP) is 2.49. The number of carbonyl (C=O) groups excluding carboxylic acids is 3. The maximum atomic E-state index is 12.7. The molecule has 0 saturated carbocycles. The highest BCUT2D eigenvalue weighted by Crippen LogP contribution is 2.29.